The maximum Gasteiger partial charge on any atom is 0.307 e. The number of aromatic nitrogens is 1. The molecule has 3 aromatic rings. The van der Waals surface area contributed by atoms with E-state index in [1.807, 2.05) is 25.1 Å². The molecule has 0 radical (unpaired) electrons. The normalized spacial score (nSPS) is 19.9. The maximum atomic E-state index is 13.1. The number of carboxylic acid groups (broad SMARTS) is 1. The molecular formula is C19H17NO4S. The zero-order valence-electron chi connectivity index (χ0n) is 13.6. The Morgan fingerprint density at radius 1 is 1.12 bits per heavy atom. The van der Waals surface area contributed by atoms with Crippen LogP contribution in [0.3, 0.4) is 0 Å². The Balaban J connectivity index is 1.89. The lowest BCUT2D eigenvalue weighted by Crippen LogP contribution is -2.13. The molecule has 0 bridgehead atoms. The zero-order chi connectivity index (χ0) is 17.8. The molecular weight excluding hydrogens is 338 g/mol. The van der Waals surface area contributed by atoms with Crippen molar-refractivity contribution >= 4 is 26.9 Å². The van der Waals surface area contributed by atoms with Crippen LogP contribution in [0.4, 0.5) is 0 Å². The second-order valence-corrected chi connectivity index (χ2v) is 8.32. The predicted octanol–water partition coefficient (Wildman–Crippen LogP) is 3.37. The highest BCUT2D eigenvalue weighted by molar-refractivity contribution is 7.90. The molecule has 0 unspecified atom stereocenters. The summed E-state index contributed by atoms with van der Waals surface area (Å²) in [6.07, 6.45) is 2.09. The quantitative estimate of drug-likeness (QED) is 0.778. The van der Waals surface area contributed by atoms with Crippen LogP contribution in [0.25, 0.3) is 10.9 Å². The number of hydrogen-bond donors (Lipinski definition) is 1. The van der Waals surface area contributed by atoms with E-state index in [-0.39, 0.29) is 10.8 Å². The molecule has 0 amide bonds. The van der Waals surface area contributed by atoms with Crippen LogP contribution >= 0.6 is 0 Å². The topological polar surface area (TPSA) is 76.4 Å². The number of benzene rings is 2. The van der Waals surface area contributed by atoms with Crippen LogP contribution in [0.5, 0.6) is 0 Å². The van der Waals surface area contributed by atoms with Gasteiger partial charge in [-0.3, -0.25) is 4.79 Å². The van der Waals surface area contributed by atoms with Crippen LogP contribution in [0.2, 0.25) is 0 Å². The molecule has 1 aliphatic rings. The minimum absolute atomic E-state index is 0.136. The van der Waals surface area contributed by atoms with Crippen molar-refractivity contribution in [1.29, 1.82) is 0 Å². The van der Waals surface area contributed by atoms with Gasteiger partial charge in [-0.2, -0.15) is 0 Å². The fourth-order valence-corrected chi connectivity index (χ4v) is 4.71. The Hall–Kier alpha value is -2.60. The Kier molecular flexibility index (Phi) is 3.47. The molecule has 1 fully saturated rings. The number of aliphatic carboxylic acids is 1. The highest BCUT2D eigenvalue weighted by Gasteiger charge is 2.45. The molecule has 0 saturated heterocycles. The largest absolute Gasteiger partial charge is 0.481 e. The van der Waals surface area contributed by atoms with E-state index in [1.165, 1.54) is 3.97 Å². The third kappa shape index (κ3) is 2.53. The standard InChI is InChI=1S/C19H17NO4S/c1-12-5-7-14(8-6-12)25(23,24)20-10-9-13-3-2-4-15(18(13)20)16-11-17(16)19(21)22/h2-10,16-17H,11H2,1H3,(H,21,22)/t16-,17+/m0/s1. The van der Waals surface area contributed by atoms with Gasteiger partial charge in [0.25, 0.3) is 10.0 Å². The van der Waals surface area contributed by atoms with Crippen molar-refractivity contribution in [2.45, 2.75) is 24.2 Å². The molecule has 0 aliphatic heterocycles. The van der Waals surface area contributed by atoms with E-state index >= 15 is 0 Å². The van der Waals surface area contributed by atoms with Gasteiger partial charge in [0.1, 0.15) is 0 Å². The molecule has 6 heteroatoms. The van der Waals surface area contributed by atoms with Gasteiger partial charge in [0.2, 0.25) is 0 Å². The van der Waals surface area contributed by atoms with Gasteiger partial charge in [-0.25, -0.2) is 12.4 Å². The van der Waals surface area contributed by atoms with Crippen LogP contribution in [0.1, 0.15) is 23.5 Å². The fraction of sp³-hybridized carbons (Fsp3) is 0.211. The number of para-hydroxylation sites is 1. The Morgan fingerprint density at radius 3 is 2.48 bits per heavy atom. The Labute approximate surface area is 145 Å². The Bertz CT molecular complexity index is 1080. The van der Waals surface area contributed by atoms with Gasteiger partial charge < -0.3 is 5.11 Å². The summed E-state index contributed by atoms with van der Waals surface area (Å²) in [5.41, 5.74) is 2.35. The average molecular weight is 355 g/mol. The lowest BCUT2D eigenvalue weighted by atomic mass is 10.1. The highest BCUT2D eigenvalue weighted by Crippen LogP contribution is 2.49. The number of aryl methyl sites for hydroxylation is 1. The van der Waals surface area contributed by atoms with Crippen molar-refractivity contribution in [2.75, 3.05) is 0 Å². The van der Waals surface area contributed by atoms with E-state index in [4.69, 9.17) is 0 Å². The van der Waals surface area contributed by atoms with Gasteiger partial charge in [0.15, 0.2) is 0 Å². The van der Waals surface area contributed by atoms with E-state index < -0.39 is 21.9 Å². The van der Waals surface area contributed by atoms with Gasteiger partial charge in [0, 0.05) is 17.5 Å². The van der Waals surface area contributed by atoms with Gasteiger partial charge >= 0.3 is 5.97 Å². The van der Waals surface area contributed by atoms with E-state index in [2.05, 4.69) is 0 Å². The minimum Gasteiger partial charge on any atom is -0.481 e. The van der Waals surface area contributed by atoms with Crippen molar-refractivity contribution < 1.29 is 18.3 Å². The number of rotatable bonds is 4. The molecule has 0 spiro atoms. The molecule has 1 saturated carbocycles. The first-order chi connectivity index (χ1) is 11.9. The minimum atomic E-state index is -3.74. The van der Waals surface area contributed by atoms with E-state index in [0.717, 1.165) is 16.5 Å². The molecule has 1 heterocycles. The lowest BCUT2D eigenvalue weighted by Gasteiger charge is -2.11. The summed E-state index contributed by atoms with van der Waals surface area (Å²) in [4.78, 5) is 11.4. The summed E-state index contributed by atoms with van der Waals surface area (Å²) in [5, 5.41) is 10.0. The summed E-state index contributed by atoms with van der Waals surface area (Å²) >= 11 is 0. The first-order valence-corrected chi connectivity index (χ1v) is 9.48. The third-order valence-electron chi connectivity index (χ3n) is 4.79. The van der Waals surface area contributed by atoms with Crippen molar-refractivity contribution in [3.8, 4) is 0 Å². The molecule has 25 heavy (non-hydrogen) atoms. The number of nitrogens with zero attached hydrogens (tertiary/aromatic N) is 1. The van der Waals surface area contributed by atoms with Crippen LogP contribution in [-0.4, -0.2) is 23.5 Å². The highest BCUT2D eigenvalue weighted by atomic mass is 32.2. The van der Waals surface area contributed by atoms with Crippen molar-refractivity contribution in [3.05, 3.63) is 65.9 Å². The number of carboxylic acids is 1. The van der Waals surface area contributed by atoms with Gasteiger partial charge in [-0.15, -0.1) is 0 Å². The average Bonchev–Trinajstić information content (AvgIpc) is 3.26. The van der Waals surface area contributed by atoms with Crippen molar-refractivity contribution in [1.82, 2.24) is 3.97 Å². The second-order valence-electron chi connectivity index (χ2n) is 6.50. The predicted molar refractivity (Wildman–Crippen MR) is 94.2 cm³/mol. The molecule has 1 aliphatic carbocycles. The summed E-state index contributed by atoms with van der Waals surface area (Å²) < 4.78 is 27.4. The number of carbonyl (C=O) groups is 1. The van der Waals surface area contributed by atoms with E-state index in [0.29, 0.717) is 11.9 Å². The maximum absolute atomic E-state index is 13.1. The molecule has 1 N–H and O–H groups in total. The molecule has 4 rings (SSSR count). The lowest BCUT2D eigenvalue weighted by molar-refractivity contribution is -0.138. The fourth-order valence-electron chi connectivity index (χ4n) is 3.33. The number of hydrogen-bond acceptors (Lipinski definition) is 3. The summed E-state index contributed by atoms with van der Waals surface area (Å²) in [6, 6.07) is 14.0. The van der Waals surface area contributed by atoms with Gasteiger partial charge in [-0.1, -0.05) is 35.9 Å². The smallest absolute Gasteiger partial charge is 0.307 e. The second kappa shape index (κ2) is 5.46. The first kappa shape index (κ1) is 15.9. The molecule has 5 nitrogen and oxygen atoms in total. The molecule has 2 atom stereocenters. The summed E-state index contributed by atoms with van der Waals surface area (Å²) in [7, 11) is -3.74. The van der Waals surface area contributed by atoms with Crippen LogP contribution in [0, 0.1) is 12.8 Å². The molecule has 2 aromatic carbocycles. The van der Waals surface area contributed by atoms with Gasteiger partial charge in [-0.05, 0) is 37.1 Å². The number of fused-ring (bicyclic) bond motifs is 1. The zero-order valence-corrected chi connectivity index (χ0v) is 14.4. The molecule has 128 valence electrons. The van der Waals surface area contributed by atoms with E-state index in [9.17, 15) is 18.3 Å². The monoisotopic (exact) mass is 355 g/mol. The van der Waals surface area contributed by atoms with Crippen LogP contribution < -0.4 is 0 Å². The SMILES string of the molecule is Cc1ccc(S(=O)(=O)n2ccc3cccc([C@@H]4C[C@H]4C(=O)O)c32)cc1. The van der Waals surface area contributed by atoms with Crippen molar-refractivity contribution in [3.63, 3.8) is 0 Å². The third-order valence-corrected chi connectivity index (χ3v) is 6.48. The molecule has 1 aromatic heterocycles. The first-order valence-electron chi connectivity index (χ1n) is 8.04. The van der Waals surface area contributed by atoms with E-state index in [1.54, 1.807) is 36.5 Å². The summed E-state index contributed by atoms with van der Waals surface area (Å²) in [6.45, 7) is 1.90. The van der Waals surface area contributed by atoms with Crippen LogP contribution in [0.15, 0.2) is 59.6 Å². The van der Waals surface area contributed by atoms with Crippen LogP contribution in [-0.2, 0) is 14.8 Å². The Morgan fingerprint density at radius 2 is 1.84 bits per heavy atom. The van der Waals surface area contributed by atoms with Gasteiger partial charge in [0.05, 0.1) is 16.3 Å². The van der Waals surface area contributed by atoms with Crippen molar-refractivity contribution in [2.24, 2.45) is 5.92 Å². The summed E-state index contributed by atoms with van der Waals surface area (Å²) in [5.74, 6) is -1.40.